The van der Waals surface area contributed by atoms with Crippen LogP contribution < -0.4 is 0 Å². The van der Waals surface area contributed by atoms with Crippen molar-refractivity contribution in [3.63, 3.8) is 0 Å². The van der Waals surface area contributed by atoms with Gasteiger partial charge in [-0.15, -0.1) is 0 Å². The number of carbonyl (C=O) groups is 1. The van der Waals surface area contributed by atoms with Gasteiger partial charge in [0.25, 0.3) is 8.32 Å². The van der Waals surface area contributed by atoms with Gasteiger partial charge in [0, 0.05) is 6.42 Å². The molecule has 2 heterocycles. The van der Waals surface area contributed by atoms with Crippen molar-refractivity contribution in [1.29, 1.82) is 0 Å². The van der Waals surface area contributed by atoms with Gasteiger partial charge >= 0.3 is 0 Å². The SMILES string of the molecule is CC(C)[Si](OC1=C[C@@H]2C=C3C(O[Si](C(C)C)(C(C)C)C(C)C)CC(=O)[C@H]1[C@@H]3O2)(C(C)C)C(C)C. The predicted molar refractivity (Wildman–Crippen MR) is 146 cm³/mol. The Bertz CT molecular complexity index is 781. The smallest absolute Gasteiger partial charge is 0.258 e. The summed E-state index contributed by atoms with van der Waals surface area (Å²) in [5.74, 6) is 0.789. The van der Waals surface area contributed by atoms with Crippen molar-refractivity contribution in [1.82, 2.24) is 0 Å². The first-order chi connectivity index (χ1) is 15.7. The maximum Gasteiger partial charge on any atom is 0.258 e. The number of ether oxygens (including phenoxy) is 1. The standard InChI is InChI=1S/C28H50O4Si2/c1-16(2)33(17(3)4,18(5)6)31-25-15-24(29)27-26(14-22-13-23(25)28(27)30-22)32-34(19(7)8,20(9)10)21(11)12/h13-14,16-22,25,27-28H,15H2,1-12H3/t22-,25?,27+,28+/m0/s1. The van der Waals surface area contributed by atoms with E-state index in [4.69, 9.17) is 13.6 Å². The third-order valence-electron chi connectivity index (χ3n) is 9.09. The van der Waals surface area contributed by atoms with Crippen LogP contribution in [0.15, 0.2) is 23.5 Å². The molecule has 2 aliphatic heterocycles. The van der Waals surface area contributed by atoms with Gasteiger partial charge < -0.3 is 13.6 Å². The number of hydrogen-bond donors (Lipinski definition) is 0. The molecule has 0 N–H and O–H groups in total. The lowest BCUT2D eigenvalue weighted by Gasteiger charge is -2.48. The van der Waals surface area contributed by atoms with Crippen LogP contribution in [0.5, 0.6) is 0 Å². The Balaban J connectivity index is 1.94. The molecule has 0 spiro atoms. The maximum absolute atomic E-state index is 13.7. The first-order valence-electron chi connectivity index (χ1n) is 13.7. The first-order valence-corrected chi connectivity index (χ1v) is 18.0. The van der Waals surface area contributed by atoms with Crippen LogP contribution in [-0.2, 0) is 18.4 Å². The second kappa shape index (κ2) is 9.99. The number of fused-ring (bicyclic) bond motifs is 1. The van der Waals surface area contributed by atoms with Gasteiger partial charge in [-0.3, -0.25) is 4.79 Å². The van der Waals surface area contributed by atoms with Crippen molar-refractivity contribution in [2.45, 2.75) is 141 Å². The fourth-order valence-electron chi connectivity index (χ4n) is 7.81. The molecular weight excluding hydrogens is 456 g/mol. The van der Waals surface area contributed by atoms with Crippen LogP contribution in [0.1, 0.15) is 89.5 Å². The third kappa shape index (κ3) is 4.35. The quantitative estimate of drug-likeness (QED) is 0.223. The molecule has 3 aliphatic rings. The van der Waals surface area contributed by atoms with Crippen LogP contribution in [0.4, 0.5) is 0 Å². The summed E-state index contributed by atoms with van der Waals surface area (Å²) >= 11 is 0. The minimum atomic E-state index is -2.16. The molecule has 0 aromatic rings. The summed E-state index contributed by atoms with van der Waals surface area (Å²) in [6, 6.07) is 0. The topological polar surface area (TPSA) is 44.8 Å². The lowest BCUT2D eigenvalue weighted by atomic mass is 9.80. The monoisotopic (exact) mass is 506 g/mol. The summed E-state index contributed by atoms with van der Waals surface area (Å²) in [5, 5.41) is 0. The Morgan fingerprint density at radius 2 is 1.24 bits per heavy atom. The molecule has 6 heteroatoms. The van der Waals surface area contributed by atoms with Gasteiger partial charge in [0.1, 0.15) is 11.7 Å². The Morgan fingerprint density at radius 3 is 1.68 bits per heavy atom. The molecule has 194 valence electrons. The van der Waals surface area contributed by atoms with Crippen LogP contribution in [0.2, 0.25) is 33.2 Å². The normalized spacial score (nSPS) is 27.5. The van der Waals surface area contributed by atoms with Crippen LogP contribution in [0, 0.1) is 5.92 Å². The van der Waals surface area contributed by atoms with E-state index in [1.54, 1.807) is 0 Å². The summed E-state index contributed by atoms with van der Waals surface area (Å²) in [4.78, 5) is 13.7. The van der Waals surface area contributed by atoms with E-state index < -0.39 is 16.6 Å². The van der Waals surface area contributed by atoms with Gasteiger partial charge in [-0.1, -0.05) is 83.1 Å². The second-order valence-corrected chi connectivity index (χ2v) is 23.5. The van der Waals surface area contributed by atoms with E-state index in [0.29, 0.717) is 39.7 Å². The molecule has 2 bridgehead atoms. The maximum atomic E-state index is 13.7. The zero-order chi connectivity index (χ0) is 25.7. The van der Waals surface area contributed by atoms with Gasteiger partial charge in [0.2, 0.25) is 8.32 Å². The number of ketones is 1. The van der Waals surface area contributed by atoms with Crippen molar-refractivity contribution >= 4 is 22.4 Å². The summed E-state index contributed by atoms with van der Waals surface area (Å²) in [6.45, 7) is 27.6. The summed E-state index contributed by atoms with van der Waals surface area (Å²) < 4.78 is 20.6. The zero-order valence-corrected chi connectivity index (χ0v) is 25.8. The molecule has 1 unspecified atom stereocenters. The average Bonchev–Trinajstić information content (AvgIpc) is 3.06. The molecule has 34 heavy (non-hydrogen) atoms. The van der Waals surface area contributed by atoms with E-state index >= 15 is 0 Å². The molecule has 0 saturated heterocycles. The average molecular weight is 507 g/mol. The number of rotatable bonds is 10. The van der Waals surface area contributed by atoms with Gasteiger partial charge in [-0.05, 0) is 51.0 Å². The molecule has 0 aromatic heterocycles. The minimum Gasteiger partial charge on any atom is -0.545 e. The highest BCUT2D eigenvalue weighted by atomic mass is 28.4. The number of hydrogen-bond acceptors (Lipinski definition) is 4. The van der Waals surface area contributed by atoms with Gasteiger partial charge in [-0.2, -0.15) is 0 Å². The highest BCUT2D eigenvalue weighted by Gasteiger charge is 2.56. The Hall–Kier alpha value is -0.696. The van der Waals surface area contributed by atoms with E-state index in [1.165, 1.54) is 5.57 Å². The Morgan fingerprint density at radius 1 is 0.765 bits per heavy atom. The van der Waals surface area contributed by atoms with Crippen molar-refractivity contribution in [2.75, 3.05) is 0 Å². The van der Waals surface area contributed by atoms with E-state index in [-0.39, 0.29) is 30.0 Å². The van der Waals surface area contributed by atoms with Gasteiger partial charge in [0.05, 0.1) is 24.1 Å². The van der Waals surface area contributed by atoms with Crippen LogP contribution in [-0.4, -0.2) is 40.7 Å². The predicted octanol–water partition coefficient (Wildman–Crippen LogP) is 7.92. The van der Waals surface area contributed by atoms with Crippen molar-refractivity contribution < 1.29 is 18.4 Å². The van der Waals surface area contributed by atoms with Crippen LogP contribution in [0.25, 0.3) is 0 Å². The third-order valence-corrected chi connectivity index (χ3v) is 21.2. The first kappa shape index (κ1) is 27.9. The summed E-state index contributed by atoms with van der Waals surface area (Å²) in [7, 11) is -4.27. The molecule has 3 rings (SSSR count). The zero-order valence-electron chi connectivity index (χ0n) is 23.8. The van der Waals surface area contributed by atoms with Crippen molar-refractivity contribution in [3.8, 4) is 0 Å². The van der Waals surface area contributed by atoms with Crippen LogP contribution in [0.3, 0.4) is 0 Å². The highest BCUT2D eigenvalue weighted by molar-refractivity contribution is 6.78. The van der Waals surface area contributed by atoms with Gasteiger partial charge in [-0.25, -0.2) is 0 Å². The lowest BCUT2D eigenvalue weighted by Crippen LogP contribution is -2.55. The molecule has 1 aliphatic carbocycles. The van der Waals surface area contributed by atoms with E-state index in [1.807, 2.05) is 0 Å². The molecule has 0 radical (unpaired) electrons. The second-order valence-electron chi connectivity index (χ2n) is 12.7. The molecule has 4 atom stereocenters. The fourth-order valence-corrected chi connectivity index (χ4v) is 18.6. The lowest BCUT2D eigenvalue weighted by molar-refractivity contribution is -0.132. The summed E-state index contributed by atoms with van der Waals surface area (Å²) in [6.07, 6.45) is 4.26. The van der Waals surface area contributed by atoms with E-state index in [2.05, 4.69) is 95.2 Å². The number of Topliss-reactive ketones (excluding diaryl/α,β-unsaturated/α-hetero) is 1. The Kier molecular flexibility index (Phi) is 8.19. The molecular formula is C28H50O4Si2. The minimum absolute atomic E-state index is 0.116. The Labute approximate surface area is 211 Å². The molecule has 4 nitrogen and oxygen atoms in total. The highest BCUT2D eigenvalue weighted by Crippen LogP contribution is 2.51. The largest absolute Gasteiger partial charge is 0.545 e. The molecule has 0 amide bonds. The fraction of sp³-hybridized carbons (Fsp3) is 0.821. The molecule has 0 aromatic carbocycles. The van der Waals surface area contributed by atoms with E-state index in [0.717, 1.165) is 5.76 Å². The summed E-state index contributed by atoms with van der Waals surface area (Å²) in [5.41, 5.74) is 4.02. The van der Waals surface area contributed by atoms with Crippen molar-refractivity contribution in [2.24, 2.45) is 5.92 Å². The van der Waals surface area contributed by atoms with Crippen molar-refractivity contribution in [3.05, 3.63) is 23.5 Å². The van der Waals surface area contributed by atoms with E-state index in [9.17, 15) is 4.79 Å². The van der Waals surface area contributed by atoms with Gasteiger partial charge in [0.15, 0.2) is 0 Å². The molecule has 1 saturated carbocycles. The molecule has 1 fully saturated rings. The number of carbonyl (C=O) groups excluding carboxylic acids is 1. The van der Waals surface area contributed by atoms with Crippen LogP contribution >= 0.6 is 0 Å².